The molecule has 6 nitrogen and oxygen atoms in total. The SMILES string of the molecule is CC1(C)CC(C(=O)O)(C2(O)CCN(C(=O)OC(C)(C)C)CC2)C1. The van der Waals surface area contributed by atoms with Gasteiger partial charge in [-0.25, -0.2) is 4.79 Å². The molecule has 2 fully saturated rings. The van der Waals surface area contributed by atoms with Gasteiger partial charge in [-0.1, -0.05) is 13.8 Å². The summed E-state index contributed by atoms with van der Waals surface area (Å²) in [5, 5.41) is 20.7. The van der Waals surface area contributed by atoms with Crippen LogP contribution in [0.3, 0.4) is 0 Å². The molecule has 0 bridgehead atoms. The Morgan fingerprint density at radius 1 is 1.09 bits per heavy atom. The minimum absolute atomic E-state index is 0.0591. The van der Waals surface area contributed by atoms with Crippen LogP contribution in [0.4, 0.5) is 4.79 Å². The molecule has 1 amide bonds. The van der Waals surface area contributed by atoms with Crippen LogP contribution in [0, 0.1) is 10.8 Å². The summed E-state index contributed by atoms with van der Waals surface area (Å²) in [6, 6.07) is 0. The third-order valence-electron chi connectivity index (χ3n) is 5.10. The zero-order chi connectivity index (χ0) is 17.7. The van der Waals surface area contributed by atoms with Gasteiger partial charge < -0.3 is 19.8 Å². The molecule has 2 aliphatic rings. The number of piperidine rings is 1. The summed E-state index contributed by atoms with van der Waals surface area (Å²) < 4.78 is 5.34. The van der Waals surface area contributed by atoms with Crippen molar-refractivity contribution in [2.45, 2.75) is 71.5 Å². The molecule has 0 aromatic rings. The van der Waals surface area contributed by atoms with Crippen molar-refractivity contribution >= 4 is 12.1 Å². The summed E-state index contributed by atoms with van der Waals surface area (Å²) in [6.45, 7) is 10.1. The van der Waals surface area contributed by atoms with Crippen molar-refractivity contribution in [3.05, 3.63) is 0 Å². The molecule has 2 rings (SSSR count). The molecule has 0 atom stereocenters. The number of nitrogens with zero attached hydrogens (tertiary/aromatic N) is 1. The van der Waals surface area contributed by atoms with Crippen LogP contribution in [-0.4, -0.2) is 51.5 Å². The Balaban J connectivity index is 2.05. The lowest BCUT2D eigenvalue weighted by Gasteiger charge is -2.59. The topological polar surface area (TPSA) is 87.1 Å². The van der Waals surface area contributed by atoms with E-state index in [1.165, 1.54) is 0 Å². The van der Waals surface area contributed by atoms with Crippen LogP contribution in [-0.2, 0) is 9.53 Å². The lowest BCUT2D eigenvalue weighted by atomic mass is 9.46. The van der Waals surface area contributed by atoms with Gasteiger partial charge in [0.1, 0.15) is 5.60 Å². The summed E-state index contributed by atoms with van der Waals surface area (Å²) in [7, 11) is 0. The maximum absolute atomic E-state index is 12.1. The number of aliphatic carboxylic acids is 1. The molecule has 1 saturated carbocycles. The number of aliphatic hydroxyl groups is 1. The molecule has 0 unspecified atom stereocenters. The van der Waals surface area contributed by atoms with Gasteiger partial charge in [-0.2, -0.15) is 0 Å². The average molecular weight is 327 g/mol. The van der Waals surface area contributed by atoms with Crippen molar-refractivity contribution < 1.29 is 24.5 Å². The number of ether oxygens (including phenoxy) is 1. The third kappa shape index (κ3) is 3.32. The predicted octanol–water partition coefficient (Wildman–Crippen LogP) is 2.64. The Labute approximate surface area is 137 Å². The first-order chi connectivity index (χ1) is 10.3. The fraction of sp³-hybridized carbons (Fsp3) is 0.882. The number of hydrogen-bond donors (Lipinski definition) is 2. The van der Waals surface area contributed by atoms with E-state index in [0.29, 0.717) is 25.9 Å². The van der Waals surface area contributed by atoms with Gasteiger partial charge in [-0.3, -0.25) is 4.79 Å². The van der Waals surface area contributed by atoms with Crippen molar-refractivity contribution in [2.75, 3.05) is 13.1 Å². The number of carboxylic acid groups (broad SMARTS) is 1. The minimum Gasteiger partial charge on any atom is -0.481 e. The molecule has 1 aliphatic heterocycles. The Hall–Kier alpha value is -1.30. The highest BCUT2D eigenvalue weighted by Gasteiger charge is 2.65. The van der Waals surface area contributed by atoms with Crippen molar-refractivity contribution in [2.24, 2.45) is 10.8 Å². The second-order valence-electron chi connectivity index (χ2n) is 8.90. The lowest BCUT2D eigenvalue weighted by Crippen LogP contribution is -2.65. The summed E-state index contributed by atoms with van der Waals surface area (Å²) >= 11 is 0. The maximum atomic E-state index is 12.1. The van der Waals surface area contributed by atoms with E-state index in [1.54, 1.807) is 25.7 Å². The normalized spacial score (nSPS) is 25.4. The predicted molar refractivity (Wildman–Crippen MR) is 85.1 cm³/mol. The van der Waals surface area contributed by atoms with Crippen LogP contribution < -0.4 is 0 Å². The molecule has 132 valence electrons. The van der Waals surface area contributed by atoms with E-state index in [9.17, 15) is 19.8 Å². The zero-order valence-electron chi connectivity index (χ0n) is 14.8. The maximum Gasteiger partial charge on any atom is 0.410 e. The first-order valence-electron chi connectivity index (χ1n) is 8.24. The second kappa shape index (κ2) is 5.36. The number of likely N-dealkylation sites (tertiary alicyclic amines) is 1. The fourth-order valence-electron chi connectivity index (χ4n) is 4.13. The van der Waals surface area contributed by atoms with E-state index in [4.69, 9.17) is 4.74 Å². The lowest BCUT2D eigenvalue weighted by molar-refractivity contribution is -0.215. The van der Waals surface area contributed by atoms with E-state index in [1.807, 2.05) is 13.8 Å². The number of carbonyl (C=O) groups excluding carboxylic acids is 1. The van der Waals surface area contributed by atoms with Crippen LogP contribution in [0.15, 0.2) is 0 Å². The largest absolute Gasteiger partial charge is 0.481 e. The Morgan fingerprint density at radius 2 is 1.57 bits per heavy atom. The van der Waals surface area contributed by atoms with Crippen LogP contribution in [0.1, 0.15) is 60.3 Å². The highest BCUT2D eigenvalue weighted by atomic mass is 16.6. The fourth-order valence-corrected chi connectivity index (χ4v) is 4.13. The monoisotopic (exact) mass is 327 g/mol. The van der Waals surface area contributed by atoms with Crippen LogP contribution >= 0.6 is 0 Å². The number of hydrogen-bond acceptors (Lipinski definition) is 4. The van der Waals surface area contributed by atoms with Gasteiger partial charge in [-0.05, 0) is 51.9 Å². The van der Waals surface area contributed by atoms with Gasteiger partial charge >= 0.3 is 12.1 Å². The molecule has 23 heavy (non-hydrogen) atoms. The summed E-state index contributed by atoms with van der Waals surface area (Å²) in [4.78, 5) is 25.5. The average Bonchev–Trinajstić information content (AvgIpc) is 2.33. The van der Waals surface area contributed by atoms with E-state index in [0.717, 1.165) is 0 Å². The van der Waals surface area contributed by atoms with E-state index < -0.39 is 28.7 Å². The first-order valence-corrected chi connectivity index (χ1v) is 8.24. The van der Waals surface area contributed by atoms with Gasteiger partial charge in [-0.15, -0.1) is 0 Å². The number of carbonyl (C=O) groups is 2. The van der Waals surface area contributed by atoms with Gasteiger partial charge in [0.15, 0.2) is 0 Å². The van der Waals surface area contributed by atoms with Gasteiger partial charge in [0.2, 0.25) is 0 Å². The Bertz CT molecular complexity index is 490. The highest BCUT2D eigenvalue weighted by molar-refractivity contribution is 5.78. The molecule has 2 N–H and O–H groups in total. The molecular weight excluding hydrogens is 298 g/mol. The second-order valence-corrected chi connectivity index (χ2v) is 8.90. The smallest absolute Gasteiger partial charge is 0.410 e. The van der Waals surface area contributed by atoms with Crippen molar-refractivity contribution in [1.29, 1.82) is 0 Å². The van der Waals surface area contributed by atoms with Crippen molar-refractivity contribution in [3.63, 3.8) is 0 Å². The number of carboxylic acids is 1. The molecular formula is C17H29NO5. The molecule has 6 heteroatoms. The molecule has 1 aliphatic carbocycles. The van der Waals surface area contributed by atoms with E-state index in [-0.39, 0.29) is 18.3 Å². The quantitative estimate of drug-likeness (QED) is 0.814. The number of amides is 1. The van der Waals surface area contributed by atoms with Crippen LogP contribution in [0.5, 0.6) is 0 Å². The van der Waals surface area contributed by atoms with Gasteiger partial charge in [0.05, 0.1) is 11.0 Å². The number of rotatable bonds is 2. The van der Waals surface area contributed by atoms with Crippen molar-refractivity contribution in [3.8, 4) is 0 Å². The molecule has 0 radical (unpaired) electrons. The van der Waals surface area contributed by atoms with Gasteiger partial charge in [0, 0.05) is 13.1 Å². The van der Waals surface area contributed by atoms with Gasteiger partial charge in [0.25, 0.3) is 0 Å². The summed E-state index contributed by atoms with van der Waals surface area (Å²) in [6.07, 6.45) is 1.08. The zero-order valence-corrected chi connectivity index (χ0v) is 14.8. The molecule has 1 saturated heterocycles. The summed E-state index contributed by atoms with van der Waals surface area (Å²) in [5.74, 6) is -0.926. The van der Waals surface area contributed by atoms with E-state index in [2.05, 4.69) is 0 Å². The Kier molecular flexibility index (Phi) is 4.21. The standard InChI is InChI=1S/C17H29NO5/c1-14(2,3)23-13(21)18-8-6-17(22,7-9-18)16(12(19)20)10-15(4,5)11-16/h22H,6-11H2,1-5H3,(H,19,20). The van der Waals surface area contributed by atoms with Crippen molar-refractivity contribution in [1.82, 2.24) is 4.90 Å². The minimum atomic E-state index is -1.26. The molecule has 1 heterocycles. The first kappa shape index (κ1) is 18.0. The van der Waals surface area contributed by atoms with Crippen LogP contribution in [0.2, 0.25) is 0 Å². The van der Waals surface area contributed by atoms with Crippen LogP contribution in [0.25, 0.3) is 0 Å². The third-order valence-corrected chi connectivity index (χ3v) is 5.10. The summed E-state index contributed by atoms with van der Waals surface area (Å²) in [5.41, 5.74) is -2.97. The molecule has 0 spiro atoms. The molecule has 0 aromatic heterocycles. The highest BCUT2D eigenvalue weighted by Crippen LogP contribution is 2.61. The Morgan fingerprint density at radius 3 is 1.91 bits per heavy atom. The van der Waals surface area contributed by atoms with E-state index >= 15 is 0 Å². The molecule has 0 aromatic carbocycles.